The molecule has 0 fully saturated rings. The summed E-state index contributed by atoms with van der Waals surface area (Å²) in [7, 11) is 0. The quantitative estimate of drug-likeness (QED) is 0.895. The molecule has 4 nitrogen and oxygen atoms in total. The van der Waals surface area contributed by atoms with Crippen molar-refractivity contribution in [2.45, 2.75) is 19.9 Å². The SMILES string of the molecule is CC(C)NC(=O)CNc1ccc(C#N)c(Br)c1. The molecule has 0 saturated heterocycles. The largest absolute Gasteiger partial charge is 0.376 e. The molecule has 0 unspecified atom stereocenters. The van der Waals surface area contributed by atoms with Crippen LogP contribution in [0.3, 0.4) is 0 Å². The van der Waals surface area contributed by atoms with Gasteiger partial charge >= 0.3 is 0 Å². The number of benzene rings is 1. The zero-order valence-corrected chi connectivity index (χ0v) is 11.3. The van der Waals surface area contributed by atoms with Crippen LogP contribution in [0.4, 0.5) is 5.69 Å². The lowest BCUT2D eigenvalue weighted by atomic mass is 10.2. The standard InChI is InChI=1S/C12H14BrN3O/c1-8(2)16-12(17)7-15-10-4-3-9(6-14)11(13)5-10/h3-5,8,15H,7H2,1-2H3,(H,16,17). The Morgan fingerprint density at radius 2 is 2.24 bits per heavy atom. The number of amides is 1. The summed E-state index contributed by atoms with van der Waals surface area (Å²) in [6.07, 6.45) is 0. The number of carbonyl (C=O) groups excluding carboxylic acids is 1. The van der Waals surface area contributed by atoms with Crippen molar-refractivity contribution in [2.75, 3.05) is 11.9 Å². The van der Waals surface area contributed by atoms with Crippen molar-refractivity contribution < 1.29 is 4.79 Å². The van der Waals surface area contributed by atoms with Crippen LogP contribution in [0.15, 0.2) is 22.7 Å². The normalized spacial score (nSPS) is 9.82. The molecule has 0 aliphatic carbocycles. The van der Waals surface area contributed by atoms with Crippen LogP contribution in [0.1, 0.15) is 19.4 Å². The van der Waals surface area contributed by atoms with Crippen LogP contribution in [0, 0.1) is 11.3 Å². The molecule has 0 radical (unpaired) electrons. The number of nitriles is 1. The average Bonchev–Trinajstić information content (AvgIpc) is 2.25. The number of anilines is 1. The second kappa shape index (κ2) is 6.26. The summed E-state index contributed by atoms with van der Waals surface area (Å²) in [4.78, 5) is 11.4. The fraction of sp³-hybridized carbons (Fsp3) is 0.333. The maximum Gasteiger partial charge on any atom is 0.239 e. The molecule has 1 amide bonds. The summed E-state index contributed by atoms with van der Waals surface area (Å²) in [5.74, 6) is -0.0551. The molecule has 5 heteroatoms. The molecule has 0 aliphatic rings. The molecule has 0 aromatic heterocycles. The molecule has 0 saturated carbocycles. The third-order valence-corrected chi connectivity index (χ3v) is 2.65. The van der Waals surface area contributed by atoms with Gasteiger partial charge in [-0.2, -0.15) is 5.26 Å². The van der Waals surface area contributed by atoms with E-state index in [4.69, 9.17) is 5.26 Å². The Kier molecular flexibility index (Phi) is 4.98. The Morgan fingerprint density at radius 1 is 1.53 bits per heavy atom. The number of nitrogens with one attached hydrogen (secondary N) is 2. The van der Waals surface area contributed by atoms with E-state index in [-0.39, 0.29) is 18.5 Å². The van der Waals surface area contributed by atoms with Crippen molar-refractivity contribution in [1.29, 1.82) is 5.26 Å². The minimum atomic E-state index is -0.0551. The van der Waals surface area contributed by atoms with Gasteiger partial charge in [-0.3, -0.25) is 4.79 Å². The van der Waals surface area contributed by atoms with Crippen LogP contribution in [0.2, 0.25) is 0 Å². The highest BCUT2D eigenvalue weighted by Crippen LogP contribution is 2.20. The first-order valence-corrected chi connectivity index (χ1v) is 6.05. The number of nitrogens with zero attached hydrogens (tertiary/aromatic N) is 1. The van der Waals surface area contributed by atoms with Gasteiger partial charge in [-0.15, -0.1) is 0 Å². The Bertz CT molecular complexity index is 452. The molecule has 0 aliphatic heterocycles. The fourth-order valence-electron chi connectivity index (χ4n) is 1.27. The van der Waals surface area contributed by atoms with E-state index in [0.717, 1.165) is 5.69 Å². The van der Waals surface area contributed by atoms with E-state index in [9.17, 15) is 4.79 Å². The topological polar surface area (TPSA) is 64.9 Å². The van der Waals surface area contributed by atoms with Crippen LogP contribution >= 0.6 is 15.9 Å². The summed E-state index contributed by atoms with van der Waals surface area (Å²) in [5.41, 5.74) is 1.37. The molecule has 1 aromatic carbocycles. The van der Waals surface area contributed by atoms with Crippen LogP contribution in [-0.2, 0) is 4.79 Å². The lowest BCUT2D eigenvalue weighted by Gasteiger charge is -2.10. The average molecular weight is 296 g/mol. The molecule has 17 heavy (non-hydrogen) atoms. The summed E-state index contributed by atoms with van der Waals surface area (Å²) in [5, 5.41) is 14.5. The molecular weight excluding hydrogens is 282 g/mol. The number of hydrogen-bond acceptors (Lipinski definition) is 3. The first kappa shape index (κ1) is 13.5. The minimum absolute atomic E-state index is 0.0551. The fourth-order valence-corrected chi connectivity index (χ4v) is 1.74. The number of halogens is 1. The first-order chi connectivity index (χ1) is 8.02. The van der Waals surface area contributed by atoms with Crippen molar-refractivity contribution in [3.63, 3.8) is 0 Å². The molecule has 0 spiro atoms. The number of hydrogen-bond donors (Lipinski definition) is 2. The second-order valence-corrected chi connectivity index (χ2v) is 4.74. The highest BCUT2D eigenvalue weighted by atomic mass is 79.9. The zero-order chi connectivity index (χ0) is 12.8. The maximum absolute atomic E-state index is 11.4. The predicted octanol–water partition coefficient (Wildman–Crippen LogP) is 2.26. The van der Waals surface area contributed by atoms with Gasteiger partial charge in [-0.1, -0.05) is 0 Å². The lowest BCUT2D eigenvalue weighted by Crippen LogP contribution is -2.34. The minimum Gasteiger partial charge on any atom is -0.376 e. The van der Waals surface area contributed by atoms with Gasteiger partial charge in [-0.05, 0) is 48.0 Å². The van der Waals surface area contributed by atoms with Crippen molar-refractivity contribution >= 4 is 27.5 Å². The third kappa shape index (κ3) is 4.45. The van der Waals surface area contributed by atoms with E-state index in [2.05, 4.69) is 32.6 Å². The van der Waals surface area contributed by atoms with E-state index in [1.54, 1.807) is 18.2 Å². The first-order valence-electron chi connectivity index (χ1n) is 5.26. The Morgan fingerprint density at radius 3 is 2.76 bits per heavy atom. The molecule has 1 aromatic rings. The van der Waals surface area contributed by atoms with Crippen molar-refractivity contribution in [1.82, 2.24) is 5.32 Å². The van der Waals surface area contributed by atoms with E-state index < -0.39 is 0 Å². The van der Waals surface area contributed by atoms with Gasteiger partial charge in [0.1, 0.15) is 6.07 Å². The van der Waals surface area contributed by atoms with Crippen LogP contribution < -0.4 is 10.6 Å². The van der Waals surface area contributed by atoms with Gasteiger partial charge in [0, 0.05) is 16.2 Å². The predicted molar refractivity (Wildman–Crippen MR) is 70.6 cm³/mol. The molecule has 0 atom stereocenters. The second-order valence-electron chi connectivity index (χ2n) is 3.88. The van der Waals surface area contributed by atoms with Gasteiger partial charge in [0.15, 0.2) is 0 Å². The Labute approximate surface area is 109 Å². The van der Waals surface area contributed by atoms with E-state index in [1.165, 1.54) is 0 Å². The molecule has 90 valence electrons. The Balaban J connectivity index is 2.56. The van der Waals surface area contributed by atoms with Crippen molar-refractivity contribution in [3.8, 4) is 6.07 Å². The number of carbonyl (C=O) groups is 1. The number of rotatable bonds is 4. The summed E-state index contributed by atoms with van der Waals surface area (Å²) >= 11 is 3.29. The summed E-state index contributed by atoms with van der Waals surface area (Å²) in [6.45, 7) is 4.04. The van der Waals surface area contributed by atoms with Gasteiger partial charge in [-0.25, -0.2) is 0 Å². The van der Waals surface area contributed by atoms with Crippen LogP contribution in [0.25, 0.3) is 0 Å². The van der Waals surface area contributed by atoms with Gasteiger partial charge in [0.2, 0.25) is 5.91 Å². The summed E-state index contributed by atoms with van der Waals surface area (Å²) in [6, 6.07) is 7.45. The third-order valence-electron chi connectivity index (χ3n) is 1.99. The molecular formula is C12H14BrN3O. The Hall–Kier alpha value is -1.54. The van der Waals surface area contributed by atoms with Gasteiger partial charge < -0.3 is 10.6 Å². The molecule has 0 heterocycles. The molecule has 2 N–H and O–H groups in total. The van der Waals surface area contributed by atoms with Crippen molar-refractivity contribution in [2.24, 2.45) is 0 Å². The van der Waals surface area contributed by atoms with Crippen LogP contribution in [-0.4, -0.2) is 18.5 Å². The van der Waals surface area contributed by atoms with E-state index in [1.807, 2.05) is 13.8 Å². The highest BCUT2D eigenvalue weighted by Gasteiger charge is 2.04. The smallest absolute Gasteiger partial charge is 0.239 e. The molecule has 0 bridgehead atoms. The summed E-state index contributed by atoms with van der Waals surface area (Å²) < 4.78 is 0.717. The van der Waals surface area contributed by atoms with Crippen molar-refractivity contribution in [3.05, 3.63) is 28.2 Å². The zero-order valence-electron chi connectivity index (χ0n) is 9.75. The highest BCUT2D eigenvalue weighted by molar-refractivity contribution is 9.10. The van der Waals surface area contributed by atoms with Gasteiger partial charge in [0.25, 0.3) is 0 Å². The lowest BCUT2D eigenvalue weighted by molar-refractivity contribution is -0.119. The monoisotopic (exact) mass is 295 g/mol. The van der Waals surface area contributed by atoms with Crippen LogP contribution in [0.5, 0.6) is 0 Å². The van der Waals surface area contributed by atoms with E-state index >= 15 is 0 Å². The molecule has 1 rings (SSSR count). The maximum atomic E-state index is 11.4. The van der Waals surface area contributed by atoms with E-state index in [0.29, 0.717) is 10.0 Å². The van der Waals surface area contributed by atoms with Gasteiger partial charge in [0.05, 0.1) is 12.1 Å².